The second-order valence-corrected chi connectivity index (χ2v) is 14.8. The van der Waals surface area contributed by atoms with E-state index in [1.54, 1.807) is 44.3 Å². The Labute approximate surface area is 328 Å². The second kappa shape index (κ2) is 15.5. The molecule has 14 heteroatoms. The smallest absolute Gasteiger partial charge is 0.336 e. The lowest BCUT2D eigenvalue weighted by molar-refractivity contribution is -0.165. The van der Waals surface area contributed by atoms with Crippen molar-refractivity contribution in [3.63, 3.8) is 0 Å². The number of phenols is 2. The van der Waals surface area contributed by atoms with Crippen molar-refractivity contribution in [2.75, 3.05) is 19.8 Å². The molecule has 0 saturated heterocycles. The highest BCUT2D eigenvalue weighted by Gasteiger charge is 2.54. The Balaban J connectivity index is 1.62. The van der Waals surface area contributed by atoms with Crippen molar-refractivity contribution >= 4 is 16.9 Å². The van der Waals surface area contributed by atoms with E-state index in [9.17, 15) is 35.1 Å². The van der Waals surface area contributed by atoms with Gasteiger partial charge in [0.15, 0.2) is 5.43 Å². The Morgan fingerprint density at radius 3 is 2.67 bits per heavy atom. The van der Waals surface area contributed by atoms with Crippen LogP contribution in [0.5, 0.6) is 17.2 Å². The maximum Gasteiger partial charge on any atom is 0.336 e. The first-order valence-electron chi connectivity index (χ1n) is 18.7. The molecule has 0 spiro atoms. The number of carbonyl (C=O) groups is 1. The van der Waals surface area contributed by atoms with Crippen molar-refractivity contribution in [2.45, 2.75) is 68.9 Å². The number of aliphatic hydroxyl groups excluding tert-OH is 3. The molecular formula is C43H46N4O10. The predicted molar refractivity (Wildman–Crippen MR) is 210 cm³/mol. The van der Waals surface area contributed by atoms with Gasteiger partial charge < -0.3 is 61.5 Å². The molecule has 6 atom stereocenters. The van der Waals surface area contributed by atoms with E-state index < -0.39 is 72.1 Å². The van der Waals surface area contributed by atoms with Crippen LogP contribution in [-0.2, 0) is 28.0 Å². The van der Waals surface area contributed by atoms with Crippen LogP contribution in [0.15, 0.2) is 98.7 Å². The first-order valence-corrected chi connectivity index (χ1v) is 18.7. The largest absolute Gasteiger partial charge is 0.508 e. The fourth-order valence-corrected chi connectivity index (χ4v) is 8.33. The van der Waals surface area contributed by atoms with E-state index in [2.05, 4.69) is 22.5 Å². The van der Waals surface area contributed by atoms with Gasteiger partial charge in [0.1, 0.15) is 52.3 Å². The van der Waals surface area contributed by atoms with Crippen LogP contribution in [0.2, 0.25) is 0 Å². The Morgan fingerprint density at radius 1 is 1.19 bits per heavy atom. The van der Waals surface area contributed by atoms with E-state index in [-0.39, 0.29) is 64.3 Å². The molecule has 4 aliphatic rings. The van der Waals surface area contributed by atoms with Crippen molar-refractivity contribution < 1.29 is 44.2 Å². The lowest BCUT2D eigenvalue weighted by Crippen LogP contribution is -2.57. The highest BCUT2D eigenvalue weighted by Crippen LogP contribution is 2.57. The molecule has 2 bridgehead atoms. The number of carbonyl (C=O) groups excluding carboxylic acids is 1. The number of hydrogen-bond acceptors (Lipinski definition) is 14. The SMILES string of the molecule is C/C=C(/CO)C(=O)O[C@@H]1Cc2c3c(c4oc(CO)cc(=O)c4c2O)[C@@H](C2=CCNC(N)=C2)[C@@](CO)(c2cccc(O)c2)C#CC[C@H](CC2=CNC(N)C=C2)[C@]1(C)O3. The third-order valence-corrected chi connectivity index (χ3v) is 11.4. The molecule has 0 saturated carbocycles. The molecular weight excluding hydrogens is 732 g/mol. The summed E-state index contributed by atoms with van der Waals surface area (Å²) in [7, 11) is 0. The van der Waals surface area contributed by atoms with E-state index in [1.807, 2.05) is 12.2 Å². The maximum absolute atomic E-state index is 14.0. The molecule has 2 aromatic carbocycles. The molecule has 11 N–H and O–H groups in total. The molecule has 0 aliphatic carbocycles. The number of benzene rings is 2. The van der Waals surface area contributed by atoms with Crippen molar-refractivity contribution in [1.82, 2.24) is 10.6 Å². The Bertz CT molecular complexity index is 2400. The van der Waals surface area contributed by atoms with Gasteiger partial charge in [0.2, 0.25) is 0 Å². The topological polar surface area (TPSA) is 243 Å². The third kappa shape index (κ3) is 6.93. The normalized spacial score (nSPS) is 26.7. The first-order chi connectivity index (χ1) is 27.4. The molecule has 3 aromatic rings. The standard InChI is InChI=1S/C43H46N4O10/c1-3-24(20-48)41(54)56-32-18-30-38(53)35-31(52)17-29(21-49)55-40(35)36-37(25-11-13-46-34(45)15-25)43(22-50,27-6-4-8-28(51)16-27)12-5-7-26(42(32,2)57-39(30)36)14-23-9-10-33(44)47-19-23/h3-4,6,8-11,15-17,19,26,32-33,37,46-51,53H,7,13-14,18,20-22,44-45H2,1-2H3/b24-3-/t26-,32-,33?,37-,42+,43+/m1/s1. The minimum Gasteiger partial charge on any atom is -0.508 e. The number of esters is 1. The van der Waals surface area contributed by atoms with Gasteiger partial charge in [0, 0.05) is 54.6 Å². The monoisotopic (exact) mass is 778 g/mol. The minimum atomic E-state index is -1.59. The molecule has 7 rings (SSSR count). The number of nitrogens with two attached hydrogens (primary N) is 2. The zero-order valence-corrected chi connectivity index (χ0v) is 31.5. The fourth-order valence-electron chi connectivity index (χ4n) is 8.33. The van der Waals surface area contributed by atoms with Gasteiger partial charge in [-0.05, 0) is 61.3 Å². The quantitative estimate of drug-likeness (QED) is 0.0861. The third-order valence-electron chi connectivity index (χ3n) is 11.4. The van der Waals surface area contributed by atoms with Crippen LogP contribution in [0.4, 0.5) is 0 Å². The number of allylic oxidation sites excluding steroid dienone is 5. The fraction of sp³-hybridized carbons (Fsp3) is 0.349. The van der Waals surface area contributed by atoms with E-state index in [0.717, 1.165) is 11.6 Å². The Hall–Kier alpha value is -5.98. The number of rotatable bonds is 9. The molecule has 1 unspecified atom stereocenters. The van der Waals surface area contributed by atoms with Crippen molar-refractivity contribution in [3.8, 4) is 29.1 Å². The highest BCUT2D eigenvalue weighted by molar-refractivity contribution is 5.92. The summed E-state index contributed by atoms with van der Waals surface area (Å²) in [6.07, 6.45) is 9.27. The second-order valence-electron chi connectivity index (χ2n) is 14.8. The van der Waals surface area contributed by atoms with Gasteiger partial charge >= 0.3 is 5.97 Å². The molecule has 14 nitrogen and oxygen atoms in total. The van der Waals surface area contributed by atoms with Crippen LogP contribution in [0.25, 0.3) is 11.0 Å². The summed E-state index contributed by atoms with van der Waals surface area (Å²) < 4.78 is 19.7. The number of ether oxygens (including phenoxy) is 2. The maximum atomic E-state index is 14.0. The van der Waals surface area contributed by atoms with E-state index in [4.69, 9.17) is 25.4 Å². The number of aliphatic hydroxyl groups is 3. The van der Waals surface area contributed by atoms with Crippen LogP contribution in [0.3, 0.4) is 0 Å². The van der Waals surface area contributed by atoms with Crippen molar-refractivity contribution in [2.24, 2.45) is 17.4 Å². The summed E-state index contributed by atoms with van der Waals surface area (Å²) in [5, 5.41) is 61.0. The van der Waals surface area contributed by atoms with Gasteiger partial charge in [0.25, 0.3) is 0 Å². The summed E-state index contributed by atoms with van der Waals surface area (Å²) in [4.78, 5) is 27.6. The number of dihydropyridines is 2. The number of fused-ring (bicyclic) bond motifs is 3. The number of hydrogen-bond donors (Lipinski definition) is 9. The molecule has 1 aromatic heterocycles. The molecule has 57 heavy (non-hydrogen) atoms. The van der Waals surface area contributed by atoms with E-state index >= 15 is 0 Å². The summed E-state index contributed by atoms with van der Waals surface area (Å²) in [5.74, 6) is 4.10. The van der Waals surface area contributed by atoms with Crippen molar-refractivity contribution in [1.29, 1.82) is 0 Å². The Kier molecular flexibility index (Phi) is 10.7. The van der Waals surface area contributed by atoms with Gasteiger partial charge in [-0.15, -0.1) is 5.92 Å². The minimum absolute atomic E-state index is 0.0124. The average Bonchev–Trinajstić information content (AvgIpc) is 3.19. The Morgan fingerprint density at radius 2 is 2.00 bits per heavy atom. The molecule has 0 fully saturated rings. The van der Waals surface area contributed by atoms with Crippen LogP contribution in [-0.4, -0.2) is 69.1 Å². The van der Waals surface area contributed by atoms with Gasteiger partial charge in [-0.25, -0.2) is 4.79 Å². The highest BCUT2D eigenvalue weighted by atomic mass is 16.6. The molecule has 298 valence electrons. The summed E-state index contributed by atoms with van der Waals surface area (Å²) in [5.41, 5.74) is 10.8. The summed E-state index contributed by atoms with van der Waals surface area (Å²) in [6, 6.07) is 7.45. The first kappa shape index (κ1) is 39.3. The van der Waals surface area contributed by atoms with E-state index in [0.29, 0.717) is 23.4 Å². The average molecular weight is 779 g/mol. The van der Waals surface area contributed by atoms with Gasteiger partial charge in [-0.1, -0.05) is 36.3 Å². The molecule has 0 amide bonds. The molecule has 5 heterocycles. The van der Waals surface area contributed by atoms with Gasteiger partial charge in [0.05, 0.1) is 36.2 Å². The van der Waals surface area contributed by atoms with Gasteiger partial charge in [-0.2, -0.15) is 0 Å². The molecule has 0 radical (unpaired) electrons. The van der Waals surface area contributed by atoms with Gasteiger partial charge in [-0.3, -0.25) is 4.79 Å². The van der Waals surface area contributed by atoms with Crippen LogP contribution in [0.1, 0.15) is 55.1 Å². The number of phenolic OH excluding ortho intramolecular Hbond substituents is 2. The zero-order valence-electron chi connectivity index (χ0n) is 31.5. The number of nitrogens with one attached hydrogen (secondary N) is 2. The van der Waals surface area contributed by atoms with Crippen LogP contribution in [0, 0.1) is 17.8 Å². The van der Waals surface area contributed by atoms with Crippen molar-refractivity contribution in [3.05, 3.63) is 122 Å². The predicted octanol–water partition coefficient (Wildman–Crippen LogP) is 2.33. The summed E-state index contributed by atoms with van der Waals surface area (Å²) in [6.45, 7) is 1.83. The van der Waals surface area contributed by atoms with Crippen LogP contribution < -0.4 is 32.3 Å². The lowest BCUT2D eigenvalue weighted by atomic mass is 9.63. The van der Waals surface area contributed by atoms with Crippen LogP contribution >= 0.6 is 0 Å². The molecule has 4 aliphatic heterocycles. The lowest BCUT2D eigenvalue weighted by Gasteiger charge is -2.48. The summed E-state index contributed by atoms with van der Waals surface area (Å²) >= 11 is 0. The zero-order chi connectivity index (χ0) is 40.6. The van der Waals surface area contributed by atoms with E-state index in [1.165, 1.54) is 18.2 Å². The number of aromatic hydroxyl groups is 2.